The van der Waals surface area contributed by atoms with Crippen LogP contribution in [0.1, 0.15) is 35.3 Å². The first kappa shape index (κ1) is 17.1. The summed E-state index contributed by atoms with van der Waals surface area (Å²) in [5.74, 6) is 0.496. The summed E-state index contributed by atoms with van der Waals surface area (Å²) in [4.78, 5) is 14.9. The monoisotopic (exact) mass is 369 g/mol. The van der Waals surface area contributed by atoms with E-state index in [1.54, 1.807) is 0 Å². The lowest BCUT2D eigenvalue weighted by molar-refractivity contribution is 0.129. The zero-order valence-corrected chi connectivity index (χ0v) is 15.6. The summed E-state index contributed by atoms with van der Waals surface area (Å²) in [6, 6.07) is 31.1. The van der Waals surface area contributed by atoms with E-state index in [0.29, 0.717) is 5.92 Å². The van der Waals surface area contributed by atoms with Crippen molar-refractivity contribution in [1.82, 2.24) is 4.90 Å². The highest BCUT2D eigenvalue weighted by Gasteiger charge is 2.54. The van der Waals surface area contributed by atoms with Crippen molar-refractivity contribution >= 4 is 6.09 Å². The maximum atomic E-state index is 12.9. The molecule has 3 aromatic carbocycles. The third-order valence-corrected chi connectivity index (χ3v) is 5.88. The van der Waals surface area contributed by atoms with Crippen LogP contribution in [-0.4, -0.2) is 17.0 Å². The standard InChI is InChI=1S/C25H23NO2/c27-25-26(22-17-21(22)16-18-10-4-1-5-11-18)23(19-12-6-2-7-13-19)24(28-25)20-14-8-3-9-15-20/h1-15,21-24H,16-17H2/t21-,22-,23-,24+/m0/s1. The molecule has 1 saturated heterocycles. The summed E-state index contributed by atoms with van der Waals surface area (Å²) in [5, 5.41) is 0. The van der Waals surface area contributed by atoms with Crippen LogP contribution in [0, 0.1) is 5.92 Å². The predicted octanol–water partition coefficient (Wildman–Crippen LogP) is 5.55. The molecule has 5 rings (SSSR count). The normalized spacial score (nSPS) is 26.1. The lowest BCUT2D eigenvalue weighted by atomic mass is 9.95. The fraction of sp³-hybridized carbons (Fsp3) is 0.240. The van der Waals surface area contributed by atoms with E-state index in [2.05, 4.69) is 36.4 Å². The van der Waals surface area contributed by atoms with Crippen LogP contribution in [0.3, 0.4) is 0 Å². The molecular formula is C25H23NO2. The van der Waals surface area contributed by atoms with E-state index in [-0.39, 0.29) is 24.3 Å². The number of benzene rings is 3. The molecule has 0 unspecified atom stereocenters. The minimum absolute atomic E-state index is 0.0816. The van der Waals surface area contributed by atoms with E-state index in [1.165, 1.54) is 5.56 Å². The molecule has 0 bridgehead atoms. The summed E-state index contributed by atoms with van der Waals surface area (Å²) < 4.78 is 5.91. The summed E-state index contributed by atoms with van der Waals surface area (Å²) >= 11 is 0. The van der Waals surface area contributed by atoms with Crippen molar-refractivity contribution in [2.24, 2.45) is 5.92 Å². The molecule has 1 aliphatic carbocycles. The third kappa shape index (κ3) is 3.18. The second kappa shape index (κ2) is 7.16. The van der Waals surface area contributed by atoms with Gasteiger partial charge in [-0.1, -0.05) is 91.0 Å². The average Bonchev–Trinajstić information content (AvgIpc) is 3.41. The lowest BCUT2D eigenvalue weighted by Gasteiger charge is -2.26. The fourth-order valence-electron chi connectivity index (χ4n) is 4.42. The van der Waals surface area contributed by atoms with Crippen molar-refractivity contribution in [3.05, 3.63) is 108 Å². The third-order valence-electron chi connectivity index (χ3n) is 5.88. The van der Waals surface area contributed by atoms with Gasteiger partial charge in [-0.15, -0.1) is 0 Å². The van der Waals surface area contributed by atoms with Gasteiger partial charge in [0.05, 0.1) is 0 Å². The molecule has 1 amide bonds. The smallest absolute Gasteiger partial charge is 0.411 e. The molecule has 1 heterocycles. The number of ether oxygens (including phenoxy) is 1. The number of cyclic esters (lactones) is 1. The molecule has 0 spiro atoms. The Labute approximate surface area is 165 Å². The molecule has 1 saturated carbocycles. The molecular weight excluding hydrogens is 346 g/mol. The Balaban J connectivity index is 1.44. The summed E-state index contributed by atoms with van der Waals surface area (Å²) in [6.07, 6.45) is 1.58. The number of hydrogen-bond acceptors (Lipinski definition) is 2. The molecule has 1 aliphatic heterocycles. The minimum atomic E-state index is -0.269. The number of rotatable bonds is 5. The van der Waals surface area contributed by atoms with Crippen molar-refractivity contribution in [2.75, 3.05) is 0 Å². The SMILES string of the molecule is O=C1O[C@H](c2ccccc2)[C@H](c2ccccc2)N1[C@H]1C[C@@H]1Cc1ccccc1. The molecule has 2 fully saturated rings. The molecule has 140 valence electrons. The quantitative estimate of drug-likeness (QED) is 0.590. The van der Waals surface area contributed by atoms with Gasteiger partial charge in [0, 0.05) is 6.04 Å². The van der Waals surface area contributed by atoms with Crippen molar-refractivity contribution in [3.63, 3.8) is 0 Å². The molecule has 0 aromatic heterocycles. The van der Waals surface area contributed by atoms with Crippen molar-refractivity contribution in [3.8, 4) is 0 Å². The maximum Gasteiger partial charge on any atom is 0.411 e. The minimum Gasteiger partial charge on any atom is -0.439 e. The molecule has 0 N–H and O–H groups in total. The largest absolute Gasteiger partial charge is 0.439 e. The van der Waals surface area contributed by atoms with Gasteiger partial charge in [0.15, 0.2) is 6.10 Å². The van der Waals surface area contributed by atoms with E-state index >= 15 is 0 Å². The van der Waals surface area contributed by atoms with Gasteiger partial charge in [0.1, 0.15) is 6.04 Å². The number of carbonyl (C=O) groups is 1. The molecule has 3 aromatic rings. The Kier molecular flexibility index (Phi) is 4.36. The molecule has 4 atom stereocenters. The van der Waals surface area contributed by atoms with Crippen LogP contribution in [0.25, 0.3) is 0 Å². The van der Waals surface area contributed by atoms with Gasteiger partial charge in [-0.3, -0.25) is 4.90 Å². The zero-order valence-electron chi connectivity index (χ0n) is 15.6. The summed E-state index contributed by atoms with van der Waals surface area (Å²) in [6.45, 7) is 0. The van der Waals surface area contributed by atoms with Gasteiger partial charge < -0.3 is 4.74 Å². The number of amides is 1. The summed E-state index contributed by atoms with van der Waals surface area (Å²) in [5.41, 5.74) is 3.51. The second-order valence-electron chi connectivity index (χ2n) is 7.73. The first-order chi connectivity index (χ1) is 13.8. The first-order valence-corrected chi connectivity index (χ1v) is 9.94. The molecule has 0 radical (unpaired) electrons. The number of nitrogens with zero attached hydrogens (tertiary/aromatic N) is 1. The van der Waals surface area contributed by atoms with Crippen LogP contribution in [-0.2, 0) is 11.2 Å². The van der Waals surface area contributed by atoms with Gasteiger partial charge in [-0.25, -0.2) is 4.79 Å². The van der Waals surface area contributed by atoms with Crippen molar-refractivity contribution in [2.45, 2.75) is 31.0 Å². The van der Waals surface area contributed by atoms with E-state index in [9.17, 15) is 4.79 Å². The highest BCUT2D eigenvalue weighted by molar-refractivity contribution is 5.72. The molecule has 3 nitrogen and oxygen atoms in total. The second-order valence-corrected chi connectivity index (χ2v) is 7.73. The molecule has 28 heavy (non-hydrogen) atoms. The maximum absolute atomic E-state index is 12.9. The highest BCUT2D eigenvalue weighted by atomic mass is 16.6. The number of carbonyl (C=O) groups excluding carboxylic acids is 1. The van der Waals surface area contributed by atoms with Crippen LogP contribution in [0.15, 0.2) is 91.0 Å². The molecule has 2 aliphatic rings. The zero-order chi connectivity index (χ0) is 18.9. The van der Waals surface area contributed by atoms with Gasteiger partial charge in [0.2, 0.25) is 0 Å². The lowest BCUT2D eigenvalue weighted by Crippen LogP contribution is -2.31. The van der Waals surface area contributed by atoms with E-state index < -0.39 is 0 Å². The Morgan fingerprint density at radius 1 is 0.786 bits per heavy atom. The van der Waals surface area contributed by atoms with E-state index in [0.717, 1.165) is 24.0 Å². The van der Waals surface area contributed by atoms with Crippen LogP contribution in [0.5, 0.6) is 0 Å². The first-order valence-electron chi connectivity index (χ1n) is 9.94. The van der Waals surface area contributed by atoms with Gasteiger partial charge in [-0.2, -0.15) is 0 Å². The summed E-state index contributed by atoms with van der Waals surface area (Å²) in [7, 11) is 0. The average molecular weight is 369 g/mol. The Morgan fingerprint density at radius 2 is 1.36 bits per heavy atom. The predicted molar refractivity (Wildman–Crippen MR) is 109 cm³/mol. The topological polar surface area (TPSA) is 29.5 Å². The van der Waals surface area contributed by atoms with Crippen LogP contribution < -0.4 is 0 Å². The Morgan fingerprint density at radius 3 is 2.00 bits per heavy atom. The van der Waals surface area contributed by atoms with Crippen LogP contribution in [0.2, 0.25) is 0 Å². The van der Waals surface area contributed by atoms with Crippen molar-refractivity contribution in [1.29, 1.82) is 0 Å². The van der Waals surface area contributed by atoms with Gasteiger partial charge in [0.25, 0.3) is 0 Å². The number of hydrogen-bond donors (Lipinski definition) is 0. The van der Waals surface area contributed by atoms with Gasteiger partial charge in [-0.05, 0) is 35.4 Å². The van der Waals surface area contributed by atoms with Crippen molar-refractivity contribution < 1.29 is 9.53 Å². The van der Waals surface area contributed by atoms with E-state index in [4.69, 9.17) is 4.74 Å². The van der Waals surface area contributed by atoms with E-state index in [1.807, 2.05) is 59.5 Å². The van der Waals surface area contributed by atoms with Crippen LogP contribution in [0.4, 0.5) is 4.79 Å². The highest BCUT2D eigenvalue weighted by Crippen LogP contribution is 2.51. The van der Waals surface area contributed by atoms with Gasteiger partial charge >= 0.3 is 6.09 Å². The Bertz CT molecular complexity index is 942. The fourth-order valence-corrected chi connectivity index (χ4v) is 4.42. The van der Waals surface area contributed by atoms with Crippen LogP contribution >= 0.6 is 0 Å². The Hall–Kier alpha value is -3.07. The molecule has 3 heteroatoms.